The molecule has 0 aliphatic heterocycles. The number of rotatable bonds is 4. The first-order valence-corrected chi connectivity index (χ1v) is 8.06. The first-order valence-electron chi connectivity index (χ1n) is 7.24. The number of carbonyl (C=O) groups excluding carboxylic acids is 1. The highest BCUT2D eigenvalue weighted by atomic mass is 32.1. The summed E-state index contributed by atoms with van der Waals surface area (Å²) in [4.78, 5) is 19.2. The summed E-state index contributed by atoms with van der Waals surface area (Å²) in [5.41, 5.74) is 3.09. The van der Waals surface area contributed by atoms with E-state index in [1.807, 2.05) is 19.9 Å². The van der Waals surface area contributed by atoms with Crippen LogP contribution in [0.25, 0.3) is 22.4 Å². The Labute approximate surface area is 137 Å². The number of thiophene rings is 1. The summed E-state index contributed by atoms with van der Waals surface area (Å²) in [6.07, 6.45) is 0. The maximum atomic E-state index is 12.4. The molecule has 1 amide bonds. The van der Waals surface area contributed by atoms with Crippen molar-refractivity contribution in [3.05, 3.63) is 33.1 Å². The lowest BCUT2D eigenvalue weighted by Crippen LogP contribution is -2.26. The third-order valence-electron chi connectivity index (χ3n) is 3.58. The van der Waals surface area contributed by atoms with Gasteiger partial charge in [-0.1, -0.05) is 5.16 Å². The van der Waals surface area contributed by atoms with E-state index >= 15 is 0 Å². The van der Waals surface area contributed by atoms with Crippen LogP contribution < -0.4 is 5.32 Å². The van der Waals surface area contributed by atoms with Crippen molar-refractivity contribution in [2.45, 2.75) is 20.8 Å². The summed E-state index contributed by atoms with van der Waals surface area (Å²) < 4.78 is 5.27. The molecule has 0 aliphatic carbocycles. The summed E-state index contributed by atoms with van der Waals surface area (Å²) in [6, 6.07) is 3.81. The molecule has 3 heterocycles. The van der Waals surface area contributed by atoms with Gasteiger partial charge in [0.2, 0.25) is 0 Å². The second-order valence-electron chi connectivity index (χ2n) is 5.31. The molecule has 3 aromatic heterocycles. The molecule has 0 aromatic carbocycles. The van der Waals surface area contributed by atoms with E-state index in [4.69, 9.17) is 9.63 Å². The average molecular weight is 331 g/mol. The number of carbonyl (C=O) groups is 1. The topological polar surface area (TPSA) is 88.2 Å². The third kappa shape index (κ3) is 2.85. The van der Waals surface area contributed by atoms with Crippen LogP contribution >= 0.6 is 11.3 Å². The fourth-order valence-electron chi connectivity index (χ4n) is 2.56. The molecule has 0 saturated heterocycles. The molecular weight excluding hydrogens is 314 g/mol. The number of pyridine rings is 1. The Balaban J connectivity index is 2.18. The minimum Gasteiger partial charge on any atom is -0.395 e. The van der Waals surface area contributed by atoms with Crippen molar-refractivity contribution in [2.75, 3.05) is 13.2 Å². The van der Waals surface area contributed by atoms with E-state index in [-0.39, 0.29) is 19.1 Å². The normalized spacial score (nSPS) is 11.1. The van der Waals surface area contributed by atoms with Gasteiger partial charge in [0.25, 0.3) is 11.6 Å². The van der Waals surface area contributed by atoms with Crippen molar-refractivity contribution in [3.63, 3.8) is 0 Å². The van der Waals surface area contributed by atoms with Crippen LogP contribution in [0.4, 0.5) is 0 Å². The first kappa shape index (κ1) is 15.6. The molecule has 7 heteroatoms. The van der Waals surface area contributed by atoms with Gasteiger partial charge >= 0.3 is 0 Å². The van der Waals surface area contributed by atoms with E-state index in [9.17, 15) is 4.79 Å². The molecule has 3 rings (SSSR count). The lowest BCUT2D eigenvalue weighted by atomic mass is 10.1. The number of aryl methyl sites for hydroxylation is 3. The highest BCUT2D eigenvalue weighted by Gasteiger charge is 2.20. The molecule has 0 unspecified atom stereocenters. The van der Waals surface area contributed by atoms with Gasteiger partial charge in [0, 0.05) is 21.9 Å². The summed E-state index contributed by atoms with van der Waals surface area (Å²) in [5.74, 6) is -0.274. The van der Waals surface area contributed by atoms with E-state index in [1.165, 1.54) is 4.88 Å². The van der Waals surface area contributed by atoms with Crippen LogP contribution in [0.5, 0.6) is 0 Å². The van der Waals surface area contributed by atoms with E-state index in [0.29, 0.717) is 28.1 Å². The molecule has 0 spiro atoms. The second kappa shape index (κ2) is 6.10. The molecule has 0 radical (unpaired) electrons. The molecule has 0 fully saturated rings. The zero-order chi connectivity index (χ0) is 16.6. The highest BCUT2D eigenvalue weighted by molar-refractivity contribution is 7.12. The van der Waals surface area contributed by atoms with Gasteiger partial charge in [0.05, 0.1) is 28.9 Å². The number of aliphatic hydroxyl groups is 1. The monoisotopic (exact) mass is 331 g/mol. The molecule has 23 heavy (non-hydrogen) atoms. The van der Waals surface area contributed by atoms with Gasteiger partial charge in [-0.2, -0.15) is 0 Å². The average Bonchev–Trinajstić information content (AvgIpc) is 3.06. The fraction of sp³-hybridized carbons (Fsp3) is 0.312. The largest absolute Gasteiger partial charge is 0.395 e. The summed E-state index contributed by atoms with van der Waals surface area (Å²) >= 11 is 1.68. The predicted molar refractivity (Wildman–Crippen MR) is 88.7 cm³/mol. The van der Waals surface area contributed by atoms with Crippen LogP contribution in [0.1, 0.15) is 25.8 Å². The Bertz CT molecular complexity index is 882. The summed E-state index contributed by atoms with van der Waals surface area (Å²) in [6.45, 7) is 5.91. The molecular formula is C16H17N3O3S. The van der Waals surface area contributed by atoms with Crippen molar-refractivity contribution in [1.82, 2.24) is 15.5 Å². The van der Waals surface area contributed by atoms with Crippen molar-refractivity contribution in [1.29, 1.82) is 0 Å². The van der Waals surface area contributed by atoms with Crippen LogP contribution in [-0.2, 0) is 0 Å². The van der Waals surface area contributed by atoms with Crippen molar-refractivity contribution < 1.29 is 14.4 Å². The number of hydrogen-bond donors (Lipinski definition) is 2. The van der Waals surface area contributed by atoms with Crippen molar-refractivity contribution in [3.8, 4) is 11.3 Å². The number of amides is 1. The number of nitrogens with one attached hydrogen (secondary N) is 1. The van der Waals surface area contributed by atoms with E-state index < -0.39 is 0 Å². The Kier molecular flexibility index (Phi) is 4.14. The molecule has 3 aromatic rings. The number of hydrogen-bond acceptors (Lipinski definition) is 6. The third-order valence-corrected chi connectivity index (χ3v) is 4.54. The quantitative estimate of drug-likeness (QED) is 0.767. The Morgan fingerprint density at radius 3 is 2.78 bits per heavy atom. The van der Waals surface area contributed by atoms with E-state index in [1.54, 1.807) is 24.3 Å². The predicted octanol–water partition coefficient (Wildman–Crippen LogP) is 2.60. The van der Waals surface area contributed by atoms with Gasteiger partial charge in [0.15, 0.2) is 0 Å². The highest BCUT2D eigenvalue weighted by Crippen LogP contribution is 2.32. The van der Waals surface area contributed by atoms with E-state index in [0.717, 1.165) is 10.4 Å². The Hall–Kier alpha value is -2.25. The minimum absolute atomic E-state index is 0.113. The zero-order valence-electron chi connectivity index (χ0n) is 13.1. The van der Waals surface area contributed by atoms with Gasteiger partial charge in [-0.15, -0.1) is 11.3 Å². The Morgan fingerprint density at radius 1 is 1.35 bits per heavy atom. The smallest absolute Gasteiger partial charge is 0.259 e. The zero-order valence-corrected chi connectivity index (χ0v) is 14.0. The maximum Gasteiger partial charge on any atom is 0.259 e. The van der Waals surface area contributed by atoms with Gasteiger partial charge in [-0.25, -0.2) is 4.98 Å². The molecule has 120 valence electrons. The molecule has 2 N–H and O–H groups in total. The van der Waals surface area contributed by atoms with Gasteiger partial charge in [0.1, 0.15) is 0 Å². The molecule has 0 saturated carbocycles. The standard InChI is InChI=1S/C16H17N3O3S/c1-8-6-11(10(3)23-8)13-7-12(15(21)17-4-5-20)14-9(2)19-22-16(14)18-13/h6-7,20H,4-5H2,1-3H3,(H,17,21). The van der Waals surface area contributed by atoms with Crippen LogP contribution in [-0.4, -0.2) is 34.3 Å². The molecule has 0 atom stereocenters. The first-order chi connectivity index (χ1) is 11.0. The number of nitrogens with zero attached hydrogens (tertiary/aromatic N) is 2. The SMILES string of the molecule is Cc1cc(-c2cc(C(=O)NCCO)c3c(C)noc3n2)c(C)s1. The van der Waals surface area contributed by atoms with E-state index in [2.05, 4.69) is 15.5 Å². The fourth-order valence-corrected chi connectivity index (χ4v) is 3.49. The van der Waals surface area contributed by atoms with Gasteiger partial charge in [-0.05, 0) is 32.9 Å². The number of fused-ring (bicyclic) bond motifs is 1. The molecule has 6 nitrogen and oxygen atoms in total. The second-order valence-corrected chi connectivity index (χ2v) is 6.77. The van der Waals surface area contributed by atoms with Crippen LogP contribution in [0.2, 0.25) is 0 Å². The summed E-state index contributed by atoms with van der Waals surface area (Å²) in [7, 11) is 0. The van der Waals surface area contributed by atoms with Crippen LogP contribution in [0, 0.1) is 20.8 Å². The van der Waals surface area contributed by atoms with Gasteiger partial charge < -0.3 is 14.9 Å². The van der Waals surface area contributed by atoms with Crippen molar-refractivity contribution >= 4 is 28.3 Å². The number of aliphatic hydroxyl groups excluding tert-OH is 1. The molecule has 0 bridgehead atoms. The van der Waals surface area contributed by atoms with Crippen LogP contribution in [0.15, 0.2) is 16.7 Å². The lowest BCUT2D eigenvalue weighted by Gasteiger charge is -2.07. The van der Waals surface area contributed by atoms with Crippen LogP contribution in [0.3, 0.4) is 0 Å². The van der Waals surface area contributed by atoms with Gasteiger partial charge in [-0.3, -0.25) is 4.79 Å². The minimum atomic E-state index is -0.274. The maximum absolute atomic E-state index is 12.4. The summed E-state index contributed by atoms with van der Waals surface area (Å²) in [5, 5.41) is 16.1. The molecule has 0 aliphatic rings. The Morgan fingerprint density at radius 2 is 2.13 bits per heavy atom. The lowest BCUT2D eigenvalue weighted by molar-refractivity contribution is 0.0946. The number of aromatic nitrogens is 2. The van der Waals surface area contributed by atoms with Crippen molar-refractivity contribution in [2.24, 2.45) is 0 Å².